The van der Waals surface area contributed by atoms with Crippen LogP contribution in [0.5, 0.6) is 0 Å². The zero-order chi connectivity index (χ0) is 21.6. The van der Waals surface area contributed by atoms with Crippen LogP contribution < -0.4 is 0 Å². The van der Waals surface area contributed by atoms with Crippen LogP contribution in [0.2, 0.25) is 0 Å². The highest BCUT2D eigenvalue weighted by Gasteiger charge is 2.31. The van der Waals surface area contributed by atoms with Crippen LogP contribution in [0.15, 0.2) is 42.5 Å². The SMILES string of the molecule is CCn1c(-c2nc3cc(C(=O)OC)cc(CC(F)(F)F)c3n2C)cc2ccccc21. The first-order valence-electron chi connectivity index (χ1n) is 9.46. The molecule has 0 radical (unpaired) electrons. The Bertz CT molecular complexity index is 1270. The van der Waals surface area contributed by atoms with Gasteiger partial charge in [0.2, 0.25) is 0 Å². The summed E-state index contributed by atoms with van der Waals surface area (Å²) in [6.07, 6.45) is -5.59. The van der Waals surface area contributed by atoms with E-state index in [1.165, 1.54) is 19.2 Å². The Morgan fingerprint density at radius 2 is 1.90 bits per heavy atom. The zero-order valence-electron chi connectivity index (χ0n) is 16.7. The third-order valence-electron chi connectivity index (χ3n) is 5.22. The number of hydrogen-bond donors (Lipinski definition) is 0. The average molecular weight is 415 g/mol. The van der Waals surface area contributed by atoms with Crippen molar-refractivity contribution in [2.75, 3.05) is 7.11 Å². The Labute approximate surface area is 170 Å². The Kier molecular flexibility index (Phi) is 4.80. The summed E-state index contributed by atoms with van der Waals surface area (Å²) in [4.78, 5) is 16.6. The van der Waals surface area contributed by atoms with E-state index in [1.807, 2.05) is 37.3 Å². The highest BCUT2D eigenvalue weighted by atomic mass is 19.4. The fraction of sp³-hybridized carbons (Fsp3) is 0.273. The Morgan fingerprint density at radius 3 is 2.57 bits per heavy atom. The van der Waals surface area contributed by atoms with Gasteiger partial charge in [-0.3, -0.25) is 0 Å². The number of hydrogen-bond acceptors (Lipinski definition) is 3. The van der Waals surface area contributed by atoms with Crippen LogP contribution in [0.3, 0.4) is 0 Å². The van der Waals surface area contributed by atoms with Crippen molar-refractivity contribution < 1.29 is 22.7 Å². The van der Waals surface area contributed by atoms with Gasteiger partial charge in [-0.1, -0.05) is 18.2 Å². The van der Waals surface area contributed by atoms with Crippen LogP contribution in [-0.4, -0.2) is 33.4 Å². The molecule has 0 saturated carbocycles. The van der Waals surface area contributed by atoms with Gasteiger partial charge in [0.15, 0.2) is 5.82 Å². The maximum atomic E-state index is 13.3. The minimum absolute atomic E-state index is 0.0131. The van der Waals surface area contributed by atoms with E-state index in [4.69, 9.17) is 4.74 Å². The molecule has 2 aromatic heterocycles. The van der Waals surface area contributed by atoms with Gasteiger partial charge in [0.05, 0.1) is 35.8 Å². The molecule has 0 aliphatic heterocycles. The van der Waals surface area contributed by atoms with E-state index in [-0.39, 0.29) is 11.1 Å². The highest BCUT2D eigenvalue weighted by molar-refractivity contribution is 5.96. The molecule has 4 rings (SSSR count). The minimum atomic E-state index is -4.43. The molecule has 0 unspecified atom stereocenters. The molecule has 8 heteroatoms. The van der Waals surface area contributed by atoms with Crippen molar-refractivity contribution in [1.82, 2.24) is 14.1 Å². The quantitative estimate of drug-likeness (QED) is 0.436. The summed E-state index contributed by atoms with van der Waals surface area (Å²) in [5.41, 5.74) is 2.53. The number of imidazole rings is 1. The van der Waals surface area contributed by atoms with Gasteiger partial charge in [0.25, 0.3) is 0 Å². The van der Waals surface area contributed by atoms with E-state index < -0.39 is 18.6 Å². The minimum Gasteiger partial charge on any atom is -0.465 e. The number of nitrogens with zero attached hydrogens (tertiary/aromatic N) is 3. The second kappa shape index (κ2) is 7.19. The van der Waals surface area contributed by atoms with E-state index in [0.717, 1.165) is 16.6 Å². The van der Waals surface area contributed by atoms with Crippen LogP contribution >= 0.6 is 0 Å². The number of rotatable bonds is 4. The standard InChI is InChI=1S/C22H20F3N3O2/c1-4-28-17-8-6-5-7-13(17)11-18(28)20-26-16-10-14(21(29)30-3)9-15(12-22(23,24)25)19(16)27(20)2/h5-11H,4,12H2,1-3H3. The molecule has 0 bridgehead atoms. The maximum absolute atomic E-state index is 13.3. The molecule has 0 aliphatic rings. The summed E-state index contributed by atoms with van der Waals surface area (Å²) in [5, 5.41) is 1.02. The van der Waals surface area contributed by atoms with Gasteiger partial charge in [0, 0.05) is 24.5 Å². The van der Waals surface area contributed by atoms with E-state index in [9.17, 15) is 18.0 Å². The predicted octanol–water partition coefficient (Wildman–Crippen LogP) is 5.11. The van der Waals surface area contributed by atoms with Crippen LogP contribution in [0, 0.1) is 0 Å². The lowest BCUT2D eigenvalue weighted by atomic mass is 10.1. The number of carbonyl (C=O) groups is 1. The Hall–Kier alpha value is -3.29. The molecule has 0 aliphatic carbocycles. The predicted molar refractivity (Wildman–Crippen MR) is 108 cm³/mol. The molecule has 0 amide bonds. The number of carbonyl (C=O) groups excluding carboxylic acids is 1. The molecule has 0 N–H and O–H groups in total. The molecule has 0 fully saturated rings. The van der Waals surface area contributed by atoms with Crippen molar-refractivity contribution in [1.29, 1.82) is 0 Å². The summed E-state index contributed by atoms with van der Waals surface area (Å²) in [6.45, 7) is 2.68. The summed E-state index contributed by atoms with van der Waals surface area (Å²) in [7, 11) is 2.89. The molecule has 5 nitrogen and oxygen atoms in total. The van der Waals surface area contributed by atoms with Gasteiger partial charge in [0.1, 0.15) is 0 Å². The van der Waals surface area contributed by atoms with Gasteiger partial charge in [-0.05, 0) is 36.8 Å². The van der Waals surface area contributed by atoms with Crippen LogP contribution in [0.25, 0.3) is 33.5 Å². The zero-order valence-corrected chi connectivity index (χ0v) is 16.7. The van der Waals surface area contributed by atoms with Crippen molar-refractivity contribution in [2.45, 2.75) is 26.1 Å². The van der Waals surface area contributed by atoms with Crippen LogP contribution in [0.1, 0.15) is 22.8 Å². The largest absolute Gasteiger partial charge is 0.465 e. The Balaban J connectivity index is 2.00. The number of aryl methyl sites for hydroxylation is 2. The van der Waals surface area contributed by atoms with E-state index >= 15 is 0 Å². The molecular weight excluding hydrogens is 395 g/mol. The topological polar surface area (TPSA) is 49.1 Å². The van der Waals surface area contributed by atoms with Crippen molar-refractivity contribution in [3.8, 4) is 11.5 Å². The lowest BCUT2D eigenvalue weighted by molar-refractivity contribution is -0.127. The number of ether oxygens (including phenoxy) is 1. The van der Waals surface area contributed by atoms with Crippen molar-refractivity contribution in [3.05, 3.63) is 53.6 Å². The third-order valence-corrected chi connectivity index (χ3v) is 5.22. The van der Waals surface area contributed by atoms with Crippen LogP contribution in [-0.2, 0) is 24.8 Å². The number of fused-ring (bicyclic) bond motifs is 2. The molecular formula is C22H20F3N3O2. The molecule has 0 spiro atoms. The van der Waals surface area contributed by atoms with Gasteiger partial charge in [-0.2, -0.15) is 13.2 Å². The number of esters is 1. The maximum Gasteiger partial charge on any atom is 0.393 e. The van der Waals surface area contributed by atoms with Gasteiger partial charge in [-0.15, -0.1) is 0 Å². The van der Waals surface area contributed by atoms with E-state index in [1.54, 1.807) is 11.6 Å². The first kappa shape index (κ1) is 20.0. The van der Waals surface area contributed by atoms with Crippen molar-refractivity contribution >= 4 is 27.9 Å². The second-order valence-corrected chi connectivity index (χ2v) is 7.11. The second-order valence-electron chi connectivity index (χ2n) is 7.11. The third kappa shape index (κ3) is 3.32. The number of para-hydroxylation sites is 1. The molecule has 0 saturated heterocycles. The summed E-state index contributed by atoms with van der Waals surface area (Å²) < 4.78 is 48.2. The number of aromatic nitrogens is 3. The first-order chi connectivity index (χ1) is 14.2. The normalized spacial score (nSPS) is 12.1. The number of methoxy groups -OCH3 is 1. The molecule has 156 valence electrons. The molecule has 30 heavy (non-hydrogen) atoms. The van der Waals surface area contributed by atoms with Gasteiger partial charge >= 0.3 is 12.1 Å². The summed E-state index contributed by atoms with van der Waals surface area (Å²) in [5.74, 6) is -0.163. The lowest BCUT2D eigenvalue weighted by Gasteiger charge is -2.12. The highest BCUT2D eigenvalue weighted by Crippen LogP contribution is 2.33. The monoisotopic (exact) mass is 415 g/mol. The molecule has 2 aromatic carbocycles. The van der Waals surface area contributed by atoms with Crippen molar-refractivity contribution in [2.24, 2.45) is 7.05 Å². The number of halogens is 3. The Morgan fingerprint density at radius 1 is 1.17 bits per heavy atom. The first-order valence-corrected chi connectivity index (χ1v) is 9.46. The number of alkyl halides is 3. The molecule has 4 aromatic rings. The lowest BCUT2D eigenvalue weighted by Crippen LogP contribution is -2.14. The van der Waals surface area contributed by atoms with Gasteiger partial charge < -0.3 is 13.9 Å². The fourth-order valence-corrected chi connectivity index (χ4v) is 4.00. The smallest absolute Gasteiger partial charge is 0.393 e. The van der Waals surface area contributed by atoms with Crippen molar-refractivity contribution in [3.63, 3.8) is 0 Å². The number of benzene rings is 2. The summed E-state index contributed by atoms with van der Waals surface area (Å²) in [6, 6.07) is 12.5. The average Bonchev–Trinajstić information content (AvgIpc) is 3.23. The van der Waals surface area contributed by atoms with E-state index in [2.05, 4.69) is 9.55 Å². The van der Waals surface area contributed by atoms with Gasteiger partial charge in [-0.25, -0.2) is 9.78 Å². The summed E-state index contributed by atoms with van der Waals surface area (Å²) >= 11 is 0. The van der Waals surface area contributed by atoms with Crippen LogP contribution in [0.4, 0.5) is 13.2 Å². The molecule has 0 atom stereocenters. The molecule has 2 heterocycles. The van der Waals surface area contributed by atoms with E-state index in [0.29, 0.717) is 23.4 Å². The fourth-order valence-electron chi connectivity index (χ4n) is 4.00.